The zero-order chi connectivity index (χ0) is 21.0. The first kappa shape index (κ1) is 20.8. The lowest BCUT2D eigenvalue weighted by Crippen LogP contribution is -2.35. The zero-order valence-electron chi connectivity index (χ0n) is 16.2. The van der Waals surface area contributed by atoms with Gasteiger partial charge in [-0.05, 0) is 60.7 Å². The number of aryl methyl sites for hydroxylation is 2. The van der Waals surface area contributed by atoms with Crippen molar-refractivity contribution in [2.75, 3.05) is 25.7 Å². The molecule has 1 aliphatic heterocycles. The first-order chi connectivity index (χ1) is 13.8. The molecule has 2 aromatic rings. The van der Waals surface area contributed by atoms with Crippen LogP contribution in [0.25, 0.3) is 0 Å². The van der Waals surface area contributed by atoms with Crippen molar-refractivity contribution in [1.29, 1.82) is 0 Å². The molecule has 0 spiro atoms. The van der Waals surface area contributed by atoms with Crippen molar-refractivity contribution in [3.05, 3.63) is 47.5 Å². The van der Waals surface area contributed by atoms with Gasteiger partial charge in [0.1, 0.15) is 17.2 Å². The van der Waals surface area contributed by atoms with Gasteiger partial charge in [0, 0.05) is 24.7 Å². The summed E-state index contributed by atoms with van der Waals surface area (Å²) in [4.78, 5) is 14.4. The van der Waals surface area contributed by atoms with E-state index >= 15 is 0 Å². The highest BCUT2D eigenvalue weighted by Gasteiger charge is 2.32. The number of hydrogen-bond acceptors (Lipinski definition) is 4. The Morgan fingerprint density at radius 1 is 1.03 bits per heavy atom. The second-order valence-corrected chi connectivity index (χ2v) is 6.71. The maximum atomic E-state index is 12.8. The summed E-state index contributed by atoms with van der Waals surface area (Å²) in [6.45, 7) is 0.534. The molecule has 1 heterocycles. The molecule has 0 unspecified atom stereocenters. The molecule has 0 saturated heterocycles. The number of alkyl halides is 3. The van der Waals surface area contributed by atoms with E-state index in [0.717, 1.165) is 5.56 Å². The second-order valence-electron chi connectivity index (χ2n) is 6.71. The smallest absolute Gasteiger partial charge is 0.497 e. The molecule has 0 N–H and O–H groups in total. The summed E-state index contributed by atoms with van der Waals surface area (Å²) in [5.41, 5.74) is 2.22. The number of nitrogens with zero attached hydrogens (tertiary/aromatic N) is 1. The van der Waals surface area contributed by atoms with E-state index in [9.17, 15) is 18.0 Å². The predicted octanol–water partition coefficient (Wildman–Crippen LogP) is 4.51. The highest BCUT2D eigenvalue weighted by Crippen LogP contribution is 2.33. The van der Waals surface area contributed by atoms with E-state index in [0.29, 0.717) is 48.6 Å². The number of hydrogen-bond donors (Lipinski definition) is 0. The van der Waals surface area contributed by atoms with Crippen LogP contribution >= 0.6 is 0 Å². The third-order valence-corrected chi connectivity index (χ3v) is 4.74. The Morgan fingerprint density at radius 3 is 2.34 bits per heavy atom. The van der Waals surface area contributed by atoms with Crippen molar-refractivity contribution in [1.82, 2.24) is 0 Å². The summed E-state index contributed by atoms with van der Waals surface area (Å²) in [5, 5.41) is 0. The van der Waals surface area contributed by atoms with Gasteiger partial charge in [0.15, 0.2) is 0 Å². The number of methoxy groups -OCH3 is 2. The molecule has 0 bridgehead atoms. The second kappa shape index (κ2) is 8.63. The van der Waals surface area contributed by atoms with E-state index in [1.54, 1.807) is 25.2 Å². The lowest BCUT2D eigenvalue weighted by atomic mass is 10.00. The third-order valence-electron chi connectivity index (χ3n) is 4.74. The lowest BCUT2D eigenvalue weighted by molar-refractivity contribution is -0.274. The van der Waals surface area contributed by atoms with E-state index in [2.05, 4.69) is 4.74 Å². The summed E-state index contributed by atoms with van der Waals surface area (Å²) in [6.07, 6.45) is -2.71. The van der Waals surface area contributed by atoms with E-state index < -0.39 is 6.36 Å². The molecule has 0 fully saturated rings. The first-order valence-corrected chi connectivity index (χ1v) is 9.20. The van der Waals surface area contributed by atoms with Crippen LogP contribution in [-0.4, -0.2) is 33.0 Å². The number of carbonyl (C=O) groups is 1. The van der Waals surface area contributed by atoms with Crippen molar-refractivity contribution in [2.24, 2.45) is 0 Å². The third kappa shape index (κ3) is 5.34. The van der Waals surface area contributed by atoms with Crippen LogP contribution in [0, 0.1) is 0 Å². The highest BCUT2D eigenvalue weighted by molar-refractivity contribution is 5.94. The molecule has 1 aliphatic rings. The van der Waals surface area contributed by atoms with Crippen LogP contribution < -0.4 is 19.1 Å². The quantitative estimate of drug-likeness (QED) is 0.704. The van der Waals surface area contributed by atoms with Gasteiger partial charge in [-0.1, -0.05) is 0 Å². The van der Waals surface area contributed by atoms with E-state index in [1.807, 2.05) is 12.1 Å². The van der Waals surface area contributed by atoms with E-state index in [1.165, 1.54) is 18.2 Å². The summed E-state index contributed by atoms with van der Waals surface area (Å²) in [5.74, 6) is 0.936. The van der Waals surface area contributed by atoms with Gasteiger partial charge in [0.2, 0.25) is 5.91 Å². The Balaban J connectivity index is 1.71. The largest absolute Gasteiger partial charge is 0.573 e. The maximum Gasteiger partial charge on any atom is 0.573 e. The van der Waals surface area contributed by atoms with Crippen LogP contribution in [0.1, 0.15) is 24.0 Å². The molecule has 156 valence electrons. The van der Waals surface area contributed by atoms with Gasteiger partial charge in [-0.15, -0.1) is 13.2 Å². The molecule has 0 aliphatic carbocycles. The standard InChI is InChI=1S/C21H22F3NO4/c1-27-17-10-14(11-18(13-17)28-2)5-8-20(26)25-9-3-4-15-12-16(6-7-19(15)25)29-21(22,23)24/h6-7,10-13H,3-5,8-9H2,1-2H3. The van der Waals surface area contributed by atoms with Crippen LogP contribution in [0.5, 0.6) is 17.2 Å². The molecule has 0 radical (unpaired) electrons. The minimum Gasteiger partial charge on any atom is -0.497 e. The fraction of sp³-hybridized carbons (Fsp3) is 0.381. The van der Waals surface area contributed by atoms with Crippen LogP contribution in [-0.2, 0) is 17.6 Å². The molecule has 0 aromatic heterocycles. The van der Waals surface area contributed by atoms with Crippen molar-refractivity contribution in [2.45, 2.75) is 32.0 Å². The zero-order valence-corrected chi connectivity index (χ0v) is 16.2. The number of anilines is 1. The topological polar surface area (TPSA) is 48.0 Å². The van der Waals surface area contributed by atoms with Crippen LogP contribution in [0.2, 0.25) is 0 Å². The molecule has 0 saturated carbocycles. The average molecular weight is 409 g/mol. The number of rotatable bonds is 6. The van der Waals surface area contributed by atoms with Crippen molar-refractivity contribution >= 4 is 11.6 Å². The van der Waals surface area contributed by atoms with Crippen LogP contribution in [0.15, 0.2) is 36.4 Å². The molecule has 1 amide bonds. The number of halogens is 3. The van der Waals surface area contributed by atoms with Crippen LogP contribution in [0.3, 0.4) is 0 Å². The van der Waals surface area contributed by atoms with Crippen molar-refractivity contribution in [3.8, 4) is 17.2 Å². The molecule has 8 heteroatoms. The van der Waals surface area contributed by atoms with Gasteiger partial charge in [0.25, 0.3) is 0 Å². The fourth-order valence-corrected chi connectivity index (χ4v) is 3.43. The Morgan fingerprint density at radius 2 is 1.72 bits per heavy atom. The molecule has 2 aromatic carbocycles. The Bertz CT molecular complexity index is 860. The summed E-state index contributed by atoms with van der Waals surface area (Å²) in [6, 6.07) is 9.57. The average Bonchev–Trinajstić information content (AvgIpc) is 2.69. The number of ether oxygens (including phenoxy) is 3. The minimum absolute atomic E-state index is 0.0859. The summed E-state index contributed by atoms with van der Waals surface area (Å²) >= 11 is 0. The molecule has 29 heavy (non-hydrogen) atoms. The van der Waals surface area contributed by atoms with Crippen molar-refractivity contribution < 1.29 is 32.2 Å². The van der Waals surface area contributed by atoms with Gasteiger partial charge in [-0.2, -0.15) is 0 Å². The first-order valence-electron chi connectivity index (χ1n) is 9.20. The van der Waals surface area contributed by atoms with Gasteiger partial charge in [0.05, 0.1) is 14.2 Å². The monoisotopic (exact) mass is 409 g/mol. The number of benzene rings is 2. The number of fused-ring (bicyclic) bond motifs is 1. The molecular weight excluding hydrogens is 387 g/mol. The number of carbonyl (C=O) groups excluding carboxylic acids is 1. The van der Waals surface area contributed by atoms with E-state index in [4.69, 9.17) is 9.47 Å². The summed E-state index contributed by atoms with van der Waals surface area (Å²) in [7, 11) is 3.12. The predicted molar refractivity (Wildman–Crippen MR) is 102 cm³/mol. The minimum atomic E-state index is -4.74. The molecule has 5 nitrogen and oxygen atoms in total. The fourth-order valence-electron chi connectivity index (χ4n) is 3.43. The van der Waals surface area contributed by atoms with Gasteiger partial charge >= 0.3 is 6.36 Å². The normalized spacial score (nSPS) is 13.6. The van der Waals surface area contributed by atoms with Gasteiger partial charge in [-0.3, -0.25) is 4.79 Å². The molecular formula is C21H22F3NO4. The SMILES string of the molecule is COc1cc(CCC(=O)N2CCCc3cc(OC(F)(F)F)ccc32)cc(OC)c1. The Hall–Kier alpha value is -2.90. The Labute approximate surface area is 167 Å². The maximum absolute atomic E-state index is 12.8. The Kier molecular flexibility index (Phi) is 6.20. The van der Waals surface area contributed by atoms with Gasteiger partial charge < -0.3 is 19.1 Å². The van der Waals surface area contributed by atoms with Crippen molar-refractivity contribution in [3.63, 3.8) is 0 Å². The van der Waals surface area contributed by atoms with Crippen LogP contribution in [0.4, 0.5) is 18.9 Å². The molecule has 3 rings (SSSR count). The highest BCUT2D eigenvalue weighted by atomic mass is 19.4. The van der Waals surface area contributed by atoms with Gasteiger partial charge in [-0.25, -0.2) is 0 Å². The van der Waals surface area contributed by atoms with E-state index in [-0.39, 0.29) is 18.1 Å². The summed E-state index contributed by atoms with van der Waals surface area (Å²) < 4.78 is 51.8. The lowest BCUT2D eigenvalue weighted by Gasteiger charge is -2.30. The number of amides is 1. The molecule has 0 atom stereocenters.